The van der Waals surface area contributed by atoms with Gasteiger partial charge in [-0.1, -0.05) is 32.0 Å². The van der Waals surface area contributed by atoms with Crippen LogP contribution in [0.3, 0.4) is 0 Å². The number of fused-ring (bicyclic) bond motifs is 3. The average molecular weight is 302 g/mol. The third-order valence-electron chi connectivity index (χ3n) is 4.24. The predicted octanol–water partition coefficient (Wildman–Crippen LogP) is 5.47. The lowest BCUT2D eigenvalue weighted by molar-refractivity contribution is 0.656. The summed E-state index contributed by atoms with van der Waals surface area (Å²) in [6.07, 6.45) is 5.68. The number of furan rings is 1. The second-order valence-electron chi connectivity index (χ2n) is 6.27. The zero-order chi connectivity index (χ0) is 16.0. The number of para-hydroxylation sites is 1. The molecular weight excluding hydrogens is 284 g/mol. The maximum Gasteiger partial charge on any atom is 0.144 e. The third kappa shape index (κ3) is 2.20. The van der Waals surface area contributed by atoms with Crippen LogP contribution >= 0.6 is 0 Å². The van der Waals surface area contributed by atoms with E-state index in [2.05, 4.69) is 48.1 Å². The molecule has 0 N–H and O–H groups in total. The summed E-state index contributed by atoms with van der Waals surface area (Å²) in [5, 5.41) is 2.16. The third-order valence-corrected chi connectivity index (χ3v) is 4.24. The monoisotopic (exact) mass is 302 g/mol. The SMILES string of the molecule is Cc1ccc(-c2cccc3c2oc2c(C(C)C)cncc23)nc1. The van der Waals surface area contributed by atoms with Gasteiger partial charge in [-0.15, -0.1) is 0 Å². The highest BCUT2D eigenvalue weighted by Gasteiger charge is 2.16. The van der Waals surface area contributed by atoms with Crippen LogP contribution in [0.2, 0.25) is 0 Å². The fourth-order valence-corrected chi connectivity index (χ4v) is 2.97. The molecule has 0 spiro atoms. The molecule has 3 heterocycles. The van der Waals surface area contributed by atoms with Crippen molar-refractivity contribution in [1.82, 2.24) is 9.97 Å². The standard InChI is InChI=1S/C20H18N2O/c1-12(2)16-10-21-11-17-14-5-4-6-15(19(14)23-20(16)17)18-8-7-13(3)9-22-18/h4-12H,1-3H3. The van der Waals surface area contributed by atoms with Crippen LogP contribution in [0.1, 0.15) is 30.9 Å². The van der Waals surface area contributed by atoms with E-state index in [1.54, 1.807) is 0 Å². The molecule has 0 aliphatic carbocycles. The van der Waals surface area contributed by atoms with Crippen molar-refractivity contribution >= 4 is 21.9 Å². The van der Waals surface area contributed by atoms with E-state index in [1.807, 2.05) is 31.6 Å². The molecule has 0 bridgehead atoms. The van der Waals surface area contributed by atoms with Gasteiger partial charge < -0.3 is 4.42 Å². The highest BCUT2D eigenvalue weighted by atomic mass is 16.3. The fourth-order valence-electron chi connectivity index (χ4n) is 2.97. The van der Waals surface area contributed by atoms with Crippen molar-refractivity contribution in [3.63, 3.8) is 0 Å². The maximum atomic E-state index is 6.28. The topological polar surface area (TPSA) is 38.9 Å². The summed E-state index contributed by atoms with van der Waals surface area (Å²) in [6.45, 7) is 6.36. The summed E-state index contributed by atoms with van der Waals surface area (Å²) in [5.41, 5.74) is 6.06. The van der Waals surface area contributed by atoms with Gasteiger partial charge in [-0.25, -0.2) is 0 Å². The zero-order valence-electron chi connectivity index (χ0n) is 13.5. The van der Waals surface area contributed by atoms with Crippen molar-refractivity contribution in [2.45, 2.75) is 26.7 Å². The molecule has 0 aliphatic rings. The Kier molecular flexibility index (Phi) is 3.15. The Balaban J connectivity index is 2.06. The van der Waals surface area contributed by atoms with Crippen LogP contribution in [0.5, 0.6) is 0 Å². The predicted molar refractivity (Wildman–Crippen MR) is 93.6 cm³/mol. The van der Waals surface area contributed by atoms with Crippen molar-refractivity contribution in [2.24, 2.45) is 0 Å². The van der Waals surface area contributed by atoms with Gasteiger partial charge in [0.2, 0.25) is 0 Å². The largest absolute Gasteiger partial charge is 0.455 e. The molecule has 3 nitrogen and oxygen atoms in total. The molecule has 0 saturated carbocycles. The molecule has 0 unspecified atom stereocenters. The maximum absolute atomic E-state index is 6.28. The van der Waals surface area contributed by atoms with Crippen LogP contribution in [-0.2, 0) is 0 Å². The van der Waals surface area contributed by atoms with Crippen molar-refractivity contribution in [2.75, 3.05) is 0 Å². The minimum Gasteiger partial charge on any atom is -0.455 e. The van der Waals surface area contributed by atoms with Crippen LogP contribution < -0.4 is 0 Å². The molecule has 4 aromatic rings. The van der Waals surface area contributed by atoms with Crippen LogP contribution in [0.4, 0.5) is 0 Å². The van der Waals surface area contributed by atoms with Gasteiger partial charge in [-0.3, -0.25) is 9.97 Å². The molecule has 0 fully saturated rings. The number of aryl methyl sites for hydroxylation is 1. The van der Waals surface area contributed by atoms with Gasteiger partial charge in [-0.05, 0) is 30.5 Å². The molecule has 0 radical (unpaired) electrons. The number of nitrogens with zero attached hydrogens (tertiary/aromatic N) is 2. The summed E-state index contributed by atoms with van der Waals surface area (Å²) < 4.78 is 6.28. The van der Waals surface area contributed by atoms with E-state index in [4.69, 9.17) is 4.42 Å². The molecule has 1 aromatic carbocycles. The van der Waals surface area contributed by atoms with Crippen molar-refractivity contribution < 1.29 is 4.42 Å². The number of pyridine rings is 2. The Hall–Kier alpha value is -2.68. The molecule has 0 saturated heterocycles. The van der Waals surface area contributed by atoms with E-state index in [1.165, 1.54) is 0 Å². The summed E-state index contributed by atoms with van der Waals surface area (Å²) in [4.78, 5) is 8.95. The Morgan fingerprint density at radius 3 is 2.52 bits per heavy atom. The highest BCUT2D eigenvalue weighted by Crippen LogP contribution is 2.37. The number of benzene rings is 1. The van der Waals surface area contributed by atoms with Gasteiger partial charge in [0.25, 0.3) is 0 Å². The van der Waals surface area contributed by atoms with Gasteiger partial charge in [-0.2, -0.15) is 0 Å². The van der Waals surface area contributed by atoms with E-state index in [-0.39, 0.29) is 0 Å². The number of rotatable bonds is 2. The summed E-state index contributed by atoms with van der Waals surface area (Å²) >= 11 is 0. The fraction of sp³-hybridized carbons (Fsp3) is 0.200. The molecule has 4 rings (SSSR count). The first-order valence-electron chi connectivity index (χ1n) is 7.87. The smallest absolute Gasteiger partial charge is 0.144 e. The minimum atomic E-state index is 0.368. The molecule has 0 aliphatic heterocycles. The second kappa shape index (κ2) is 5.20. The van der Waals surface area contributed by atoms with Crippen LogP contribution in [0.15, 0.2) is 53.3 Å². The van der Waals surface area contributed by atoms with E-state index in [0.717, 1.165) is 44.3 Å². The highest BCUT2D eigenvalue weighted by molar-refractivity contribution is 6.09. The average Bonchev–Trinajstić information content (AvgIpc) is 2.94. The minimum absolute atomic E-state index is 0.368. The summed E-state index contributed by atoms with van der Waals surface area (Å²) in [7, 11) is 0. The number of hydrogen-bond acceptors (Lipinski definition) is 3. The van der Waals surface area contributed by atoms with Gasteiger partial charge in [0.15, 0.2) is 0 Å². The van der Waals surface area contributed by atoms with Crippen molar-refractivity contribution in [3.8, 4) is 11.3 Å². The van der Waals surface area contributed by atoms with Gasteiger partial charge >= 0.3 is 0 Å². The number of aromatic nitrogens is 2. The molecule has 0 atom stereocenters. The first kappa shape index (κ1) is 13.9. The molecule has 114 valence electrons. The summed E-state index contributed by atoms with van der Waals surface area (Å²) in [5.74, 6) is 0.368. The first-order valence-corrected chi connectivity index (χ1v) is 7.87. The normalized spacial score (nSPS) is 11.7. The van der Waals surface area contributed by atoms with E-state index < -0.39 is 0 Å². The zero-order valence-corrected chi connectivity index (χ0v) is 13.5. The Morgan fingerprint density at radius 1 is 0.913 bits per heavy atom. The molecule has 0 amide bonds. The van der Waals surface area contributed by atoms with Crippen molar-refractivity contribution in [1.29, 1.82) is 0 Å². The van der Waals surface area contributed by atoms with Gasteiger partial charge in [0, 0.05) is 40.5 Å². The second-order valence-corrected chi connectivity index (χ2v) is 6.27. The van der Waals surface area contributed by atoms with Gasteiger partial charge in [0.05, 0.1) is 5.69 Å². The Bertz CT molecular complexity index is 997. The Morgan fingerprint density at radius 2 is 1.78 bits per heavy atom. The van der Waals surface area contributed by atoms with E-state index in [0.29, 0.717) is 5.92 Å². The lowest BCUT2D eigenvalue weighted by Gasteiger charge is -2.04. The lowest BCUT2D eigenvalue weighted by Crippen LogP contribution is -1.88. The number of hydrogen-bond donors (Lipinski definition) is 0. The Labute approximate surface area is 135 Å². The molecular formula is C20H18N2O. The molecule has 3 aromatic heterocycles. The van der Waals surface area contributed by atoms with Crippen LogP contribution in [0, 0.1) is 6.92 Å². The van der Waals surface area contributed by atoms with Crippen LogP contribution in [0.25, 0.3) is 33.2 Å². The van der Waals surface area contributed by atoms with E-state index in [9.17, 15) is 0 Å². The molecule has 3 heteroatoms. The first-order chi connectivity index (χ1) is 11.1. The van der Waals surface area contributed by atoms with Crippen LogP contribution in [-0.4, -0.2) is 9.97 Å². The molecule has 23 heavy (non-hydrogen) atoms. The quantitative estimate of drug-likeness (QED) is 0.492. The van der Waals surface area contributed by atoms with Gasteiger partial charge in [0.1, 0.15) is 11.2 Å². The van der Waals surface area contributed by atoms with Crippen molar-refractivity contribution in [3.05, 3.63) is 60.0 Å². The summed E-state index contributed by atoms with van der Waals surface area (Å²) in [6, 6.07) is 10.3. The lowest BCUT2D eigenvalue weighted by atomic mass is 10.0. The van der Waals surface area contributed by atoms with E-state index >= 15 is 0 Å².